The molecule has 2 aromatic rings. The maximum atomic E-state index is 12.0. The summed E-state index contributed by atoms with van der Waals surface area (Å²) in [6.07, 6.45) is 2.41. The molecule has 0 bridgehead atoms. The van der Waals surface area contributed by atoms with E-state index in [2.05, 4.69) is 26.2 Å². The van der Waals surface area contributed by atoms with Gasteiger partial charge in [-0.3, -0.25) is 0 Å². The van der Waals surface area contributed by atoms with Gasteiger partial charge in [-0.2, -0.15) is 4.68 Å². The summed E-state index contributed by atoms with van der Waals surface area (Å²) in [6, 6.07) is 7.46. The molecule has 1 atom stereocenters. The molecule has 7 heteroatoms. The Hall–Kier alpha value is -2.44. The largest absolute Gasteiger partial charge is 0.335 e. The number of anilines is 1. The first-order valence-electron chi connectivity index (χ1n) is 7.06. The first-order valence-corrected chi connectivity index (χ1v) is 7.06. The fourth-order valence-electron chi connectivity index (χ4n) is 2.27. The Morgan fingerprint density at radius 2 is 2.24 bits per heavy atom. The second kappa shape index (κ2) is 5.51. The summed E-state index contributed by atoms with van der Waals surface area (Å²) in [6.45, 7) is 3.86. The van der Waals surface area contributed by atoms with Crippen molar-refractivity contribution >= 4 is 11.7 Å². The summed E-state index contributed by atoms with van der Waals surface area (Å²) in [5, 5.41) is 17.2. The number of tetrazole rings is 1. The van der Waals surface area contributed by atoms with E-state index in [4.69, 9.17) is 0 Å². The number of amides is 2. The number of hydrogen-bond acceptors (Lipinski definition) is 4. The van der Waals surface area contributed by atoms with E-state index in [1.807, 2.05) is 38.1 Å². The van der Waals surface area contributed by atoms with Crippen molar-refractivity contribution in [2.45, 2.75) is 32.7 Å². The standard InChI is InChI=1S/C14H18N6O/c1-9(11-6-7-11)15-14(21)16-12-4-3-5-13(8-12)20-10(2)17-18-19-20/h3-5,8-9,11H,6-7H2,1-2H3,(H2,15,16,21). The Bertz CT molecular complexity index is 648. The zero-order valence-electron chi connectivity index (χ0n) is 12.1. The maximum Gasteiger partial charge on any atom is 0.319 e. The Labute approximate surface area is 122 Å². The minimum Gasteiger partial charge on any atom is -0.335 e. The monoisotopic (exact) mass is 286 g/mol. The number of nitrogens with one attached hydrogen (secondary N) is 2. The zero-order chi connectivity index (χ0) is 14.8. The third kappa shape index (κ3) is 3.18. The Morgan fingerprint density at radius 3 is 2.90 bits per heavy atom. The van der Waals surface area contributed by atoms with Gasteiger partial charge in [0.2, 0.25) is 0 Å². The molecule has 1 aliphatic rings. The number of rotatable bonds is 4. The van der Waals surface area contributed by atoms with Crippen molar-refractivity contribution in [1.82, 2.24) is 25.5 Å². The molecule has 110 valence electrons. The summed E-state index contributed by atoms with van der Waals surface area (Å²) < 4.78 is 1.62. The Morgan fingerprint density at radius 1 is 1.43 bits per heavy atom. The van der Waals surface area contributed by atoms with Gasteiger partial charge in [-0.25, -0.2) is 4.79 Å². The Kier molecular flexibility index (Phi) is 3.55. The number of benzene rings is 1. The average molecular weight is 286 g/mol. The van der Waals surface area contributed by atoms with Gasteiger partial charge < -0.3 is 10.6 Å². The molecule has 1 heterocycles. The van der Waals surface area contributed by atoms with Gasteiger partial charge in [0.25, 0.3) is 0 Å². The molecule has 2 amide bonds. The van der Waals surface area contributed by atoms with Gasteiger partial charge in [0, 0.05) is 11.7 Å². The molecule has 0 radical (unpaired) electrons. The topological polar surface area (TPSA) is 84.7 Å². The number of carbonyl (C=O) groups excluding carboxylic acids is 1. The van der Waals surface area contributed by atoms with Crippen LogP contribution in [0.15, 0.2) is 24.3 Å². The van der Waals surface area contributed by atoms with Crippen LogP contribution < -0.4 is 10.6 Å². The molecule has 1 unspecified atom stereocenters. The lowest BCUT2D eigenvalue weighted by Crippen LogP contribution is -2.37. The number of aromatic nitrogens is 4. The van der Waals surface area contributed by atoms with E-state index in [0.29, 0.717) is 17.4 Å². The molecule has 21 heavy (non-hydrogen) atoms. The summed E-state index contributed by atoms with van der Waals surface area (Å²) in [7, 11) is 0. The molecule has 1 aromatic carbocycles. The van der Waals surface area contributed by atoms with Gasteiger partial charge in [0.15, 0.2) is 5.82 Å². The van der Waals surface area contributed by atoms with E-state index in [0.717, 1.165) is 5.69 Å². The van der Waals surface area contributed by atoms with Crippen molar-refractivity contribution in [3.8, 4) is 5.69 Å². The van der Waals surface area contributed by atoms with Gasteiger partial charge in [-0.1, -0.05) is 6.07 Å². The predicted molar refractivity (Wildman–Crippen MR) is 78.2 cm³/mol. The smallest absolute Gasteiger partial charge is 0.319 e. The molecule has 1 aliphatic carbocycles. The van der Waals surface area contributed by atoms with Crippen LogP contribution in [-0.2, 0) is 0 Å². The van der Waals surface area contributed by atoms with Crippen molar-refractivity contribution in [3.05, 3.63) is 30.1 Å². The number of nitrogens with zero attached hydrogens (tertiary/aromatic N) is 4. The SMILES string of the molecule is Cc1nnnn1-c1cccc(NC(=O)NC(C)C2CC2)c1. The van der Waals surface area contributed by atoms with Crippen LogP contribution in [0.1, 0.15) is 25.6 Å². The fraction of sp³-hybridized carbons (Fsp3) is 0.429. The highest BCUT2D eigenvalue weighted by Gasteiger charge is 2.28. The molecular formula is C14H18N6O. The number of hydrogen-bond donors (Lipinski definition) is 2. The lowest BCUT2D eigenvalue weighted by Gasteiger charge is -2.14. The number of urea groups is 1. The molecule has 1 saturated carbocycles. The van der Waals surface area contributed by atoms with Crippen molar-refractivity contribution in [2.75, 3.05) is 5.32 Å². The first kappa shape index (κ1) is 13.5. The van der Waals surface area contributed by atoms with Gasteiger partial charge in [0.05, 0.1) is 5.69 Å². The lowest BCUT2D eigenvalue weighted by molar-refractivity contribution is 0.248. The summed E-state index contributed by atoms with van der Waals surface area (Å²) in [5.74, 6) is 1.32. The lowest BCUT2D eigenvalue weighted by atomic mass is 10.2. The molecular weight excluding hydrogens is 268 g/mol. The average Bonchev–Trinajstić information content (AvgIpc) is 3.21. The summed E-state index contributed by atoms with van der Waals surface area (Å²) in [4.78, 5) is 12.0. The minimum absolute atomic E-state index is 0.181. The van der Waals surface area contributed by atoms with E-state index in [1.165, 1.54) is 12.8 Å². The minimum atomic E-state index is -0.181. The molecule has 1 fully saturated rings. The Balaban J connectivity index is 1.68. The van der Waals surface area contributed by atoms with Crippen molar-refractivity contribution in [1.29, 1.82) is 0 Å². The molecule has 3 rings (SSSR count). The van der Waals surface area contributed by atoms with E-state index < -0.39 is 0 Å². The van der Waals surface area contributed by atoms with Crippen LogP contribution in [0.4, 0.5) is 10.5 Å². The van der Waals surface area contributed by atoms with Crippen LogP contribution in [0.3, 0.4) is 0 Å². The second-order valence-electron chi connectivity index (χ2n) is 5.41. The molecule has 0 saturated heterocycles. The number of aryl methyl sites for hydroxylation is 1. The van der Waals surface area contributed by atoms with Gasteiger partial charge >= 0.3 is 6.03 Å². The van der Waals surface area contributed by atoms with Crippen LogP contribution in [0, 0.1) is 12.8 Å². The maximum absolute atomic E-state index is 12.0. The van der Waals surface area contributed by atoms with Crippen molar-refractivity contribution in [3.63, 3.8) is 0 Å². The molecule has 2 N–H and O–H groups in total. The molecule has 0 aliphatic heterocycles. The third-order valence-corrected chi connectivity index (χ3v) is 3.66. The van der Waals surface area contributed by atoms with Crippen LogP contribution >= 0.6 is 0 Å². The summed E-state index contributed by atoms with van der Waals surface area (Å²) in [5.41, 5.74) is 1.52. The van der Waals surface area contributed by atoms with Crippen LogP contribution in [0.5, 0.6) is 0 Å². The first-order chi connectivity index (χ1) is 10.1. The van der Waals surface area contributed by atoms with Crippen LogP contribution in [-0.4, -0.2) is 32.3 Å². The van der Waals surface area contributed by atoms with E-state index in [9.17, 15) is 4.79 Å². The van der Waals surface area contributed by atoms with E-state index in [-0.39, 0.29) is 12.1 Å². The quantitative estimate of drug-likeness (QED) is 0.899. The van der Waals surface area contributed by atoms with Gasteiger partial charge in [-0.15, -0.1) is 5.10 Å². The highest BCUT2D eigenvalue weighted by atomic mass is 16.2. The predicted octanol–water partition coefficient (Wildman–Crippen LogP) is 1.89. The normalized spacial score (nSPS) is 15.5. The van der Waals surface area contributed by atoms with E-state index in [1.54, 1.807) is 4.68 Å². The highest BCUT2D eigenvalue weighted by molar-refractivity contribution is 5.89. The van der Waals surface area contributed by atoms with Gasteiger partial charge in [-0.05, 0) is 61.2 Å². The highest BCUT2D eigenvalue weighted by Crippen LogP contribution is 2.32. The van der Waals surface area contributed by atoms with E-state index >= 15 is 0 Å². The van der Waals surface area contributed by atoms with Gasteiger partial charge in [0.1, 0.15) is 0 Å². The third-order valence-electron chi connectivity index (χ3n) is 3.66. The summed E-state index contributed by atoms with van der Waals surface area (Å²) >= 11 is 0. The van der Waals surface area contributed by atoms with Crippen molar-refractivity contribution < 1.29 is 4.79 Å². The van der Waals surface area contributed by atoms with Crippen LogP contribution in [0.25, 0.3) is 5.69 Å². The van der Waals surface area contributed by atoms with Crippen molar-refractivity contribution in [2.24, 2.45) is 5.92 Å². The van der Waals surface area contributed by atoms with Crippen LogP contribution in [0.2, 0.25) is 0 Å². The fourth-order valence-corrected chi connectivity index (χ4v) is 2.27. The molecule has 0 spiro atoms. The molecule has 7 nitrogen and oxygen atoms in total. The molecule has 1 aromatic heterocycles. The zero-order valence-corrected chi connectivity index (χ0v) is 12.1. The number of carbonyl (C=O) groups is 1. The second-order valence-corrected chi connectivity index (χ2v) is 5.41.